The first-order chi connectivity index (χ1) is 15.8. The van der Waals surface area contributed by atoms with Crippen LogP contribution in [0.3, 0.4) is 0 Å². The van der Waals surface area contributed by atoms with Gasteiger partial charge in [0.05, 0.1) is 16.6 Å². The number of anilines is 1. The van der Waals surface area contributed by atoms with Gasteiger partial charge in [-0.15, -0.1) is 0 Å². The second kappa shape index (κ2) is 9.91. The van der Waals surface area contributed by atoms with Crippen LogP contribution in [-0.2, 0) is 13.2 Å². The summed E-state index contributed by atoms with van der Waals surface area (Å²) in [4.78, 5) is 12.6. The third-order valence-corrected chi connectivity index (χ3v) is 5.95. The first-order valence-electron chi connectivity index (χ1n) is 10.1. The van der Waals surface area contributed by atoms with Crippen molar-refractivity contribution in [1.82, 2.24) is 9.78 Å². The number of hydrogen-bond acceptors (Lipinski definition) is 4. The average Bonchev–Trinajstić information content (AvgIpc) is 3.37. The molecule has 0 saturated carbocycles. The summed E-state index contributed by atoms with van der Waals surface area (Å²) in [7, 11) is 0. The van der Waals surface area contributed by atoms with E-state index in [0.717, 1.165) is 22.4 Å². The molecule has 0 aliphatic rings. The maximum absolute atomic E-state index is 12.6. The van der Waals surface area contributed by atoms with E-state index in [4.69, 9.17) is 44.0 Å². The van der Waals surface area contributed by atoms with Crippen LogP contribution in [0, 0.1) is 13.8 Å². The minimum atomic E-state index is -0.463. The number of furan rings is 1. The van der Waals surface area contributed by atoms with E-state index in [0.29, 0.717) is 27.4 Å². The van der Waals surface area contributed by atoms with Gasteiger partial charge >= 0.3 is 0 Å². The molecule has 0 unspecified atom stereocenters. The van der Waals surface area contributed by atoms with E-state index < -0.39 is 5.91 Å². The van der Waals surface area contributed by atoms with Gasteiger partial charge in [0.1, 0.15) is 23.1 Å². The zero-order chi connectivity index (χ0) is 23.5. The van der Waals surface area contributed by atoms with Crippen molar-refractivity contribution in [2.75, 3.05) is 5.32 Å². The Labute approximate surface area is 206 Å². The van der Waals surface area contributed by atoms with Gasteiger partial charge in [0, 0.05) is 6.20 Å². The average molecular weight is 505 g/mol. The lowest BCUT2D eigenvalue weighted by molar-refractivity contribution is 0.0992. The Morgan fingerprint density at radius 1 is 1.03 bits per heavy atom. The number of halogens is 3. The summed E-state index contributed by atoms with van der Waals surface area (Å²) in [6.07, 6.45) is 1.62. The minimum absolute atomic E-state index is 0.130. The van der Waals surface area contributed by atoms with Crippen molar-refractivity contribution in [2.24, 2.45) is 0 Å². The molecular weight excluding hydrogens is 485 g/mol. The molecule has 1 amide bonds. The van der Waals surface area contributed by atoms with Crippen molar-refractivity contribution in [3.05, 3.63) is 98.0 Å². The maximum Gasteiger partial charge on any atom is 0.292 e. The van der Waals surface area contributed by atoms with Crippen LogP contribution in [0.15, 0.2) is 59.1 Å². The first kappa shape index (κ1) is 23.2. The number of rotatable bonds is 7. The Bertz CT molecular complexity index is 1290. The number of amides is 1. The largest absolute Gasteiger partial charge is 0.485 e. The molecule has 2 aromatic carbocycles. The van der Waals surface area contributed by atoms with E-state index >= 15 is 0 Å². The zero-order valence-corrected chi connectivity index (χ0v) is 20.1. The van der Waals surface area contributed by atoms with Crippen LogP contribution in [0.5, 0.6) is 5.75 Å². The standard InChI is InChI=1S/C24H20Cl3N3O3/c1-14-4-3-5-15(2)22(14)32-13-17-7-9-21(33-17)24(31)28-23-20(27)12-30(29-23)11-16-6-8-18(25)19(26)10-16/h3-10,12H,11,13H2,1-2H3,(H,28,29,31). The smallest absolute Gasteiger partial charge is 0.292 e. The Balaban J connectivity index is 1.39. The van der Waals surface area contributed by atoms with E-state index in [-0.39, 0.29) is 18.2 Å². The van der Waals surface area contributed by atoms with Gasteiger partial charge in [0.15, 0.2) is 11.6 Å². The van der Waals surface area contributed by atoms with Gasteiger partial charge in [-0.25, -0.2) is 0 Å². The van der Waals surface area contributed by atoms with Crippen molar-refractivity contribution in [3.63, 3.8) is 0 Å². The fourth-order valence-corrected chi connectivity index (χ4v) is 3.82. The molecule has 0 spiro atoms. The molecule has 6 nitrogen and oxygen atoms in total. The fraction of sp³-hybridized carbons (Fsp3) is 0.167. The summed E-state index contributed by atoms with van der Waals surface area (Å²) in [6.45, 7) is 4.58. The molecule has 170 valence electrons. The monoisotopic (exact) mass is 503 g/mol. The highest BCUT2D eigenvalue weighted by Gasteiger charge is 2.16. The Morgan fingerprint density at radius 2 is 1.79 bits per heavy atom. The van der Waals surface area contributed by atoms with Crippen LogP contribution in [0.25, 0.3) is 0 Å². The Morgan fingerprint density at radius 3 is 2.52 bits per heavy atom. The molecule has 9 heteroatoms. The van der Waals surface area contributed by atoms with Crippen LogP contribution >= 0.6 is 34.8 Å². The maximum atomic E-state index is 12.6. The van der Waals surface area contributed by atoms with E-state index in [1.54, 1.807) is 35.1 Å². The van der Waals surface area contributed by atoms with E-state index in [1.807, 2.05) is 38.1 Å². The minimum Gasteiger partial charge on any atom is -0.485 e. The van der Waals surface area contributed by atoms with Crippen molar-refractivity contribution in [3.8, 4) is 5.75 Å². The van der Waals surface area contributed by atoms with Gasteiger partial charge < -0.3 is 14.5 Å². The number of benzene rings is 2. The van der Waals surface area contributed by atoms with Gasteiger partial charge in [-0.3, -0.25) is 9.48 Å². The molecule has 0 saturated heterocycles. The van der Waals surface area contributed by atoms with Gasteiger partial charge in [0.25, 0.3) is 5.91 Å². The number of aromatic nitrogens is 2. The number of nitrogens with zero attached hydrogens (tertiary/aromatic N) is 2. The van der Waals surface area contributed by atoms with Crippen molar-refractivity contribution >= 4 is 46.5 Å². The normalized spacial score (nSPS) is 10.9. The van der Waals surface area contributed by atoms with E-state index in [9.17, 15) is 4.79 Å². The van der Waals surface area contributed by atoms with Crippen molar-refractivity contribution in [1.29, 1.82) is 0 Å². The molecule has 0 bridgehead atoms. The lowest BCUT2D eigenvalue weighted by Crippen LogP contribution is -2.12. The molecule has 33 heavy (non-hydrogen) atoms. The lowest BCUT2D eigenvalue weighted by Gasteiger charge is -2.10. The summed E-state index contributed by atoms with van der Waals surface area (Å²) in [6, 6.07) is 14.5. The highest BCUT2D eigenvalue weighted by molar-refractivity contribution is 6.42. The van der Waals surface area contributed by atoms with Gasteiger partial charge in [-0.1, -0.05) is 59.1 Å². The third kappa shape index (κ3) is 5.53. The molecule has 1 N–H and O–H groups in total. The summed E-state index contributed by atoms with van der Waals surface area (Å²) in [5.41, 5.74) is 2.96. The number of para-hydroxylation sites is 1. The molecule has 0 aliphatic heterocycles. The number of carbonyl (C=O) groups is 1. The molecule has 4 aromatic rings. The molecule has 4 rings (SSSR count). The van der Waals surface area contributed by atoms with Crippen LogP contribution in [0.4, 0.5) is 5.82 Å². The number of aryl methyl sites for hydroxylation is 2. The Kier molecular flexibility index (Phi) is 6.98. The second-order valence-electron chi connectivity index (χ2n) is 7.50. The van der Waals surface area contributed by atoms with Gasteiger partial charge in [-0.05, 0) is 54.8 Å². The van der Waals surface area contributed by atoms with Crippen LogP contribution in [0.2, 0.25) is 15.1 Å². The van der Waals surface area contributed by atoms with Crippen LogP contribution < -0.4 is 10.1 Å². The molecule has 2 heterocycles. The molecule has 0 radical (unpaired) electrons. The van der Waals surface area contributed by atoms with E-state index in [1.165, 1.54) is 0 Å². The predicted molar refractivity (Wildman–Crippen MR) is 130 cm³/mol. The van der Waals surface area contributed by atoms with Gasteiger partial charge in [0.2, 0.25) is 0 Å². The summed E-state index contributed by atoms with van der Waals surface area (Å²) in [5.74, 6) is 1.23. The van der Waals surface area contributed by atoms with E-state index in [2.05, 4.69) is 10.4 Å². The van der Waals surface area contributed by atoms with Crippen molar-refractivity contribution < 1.29 is 13.9 Å². The Hall–Kier alpha value is -2.93. The molecular formula is C24H20Cl3N3O3. The SMILES string of the molecule is Cc1cccc(C)c1OCc1ccc(C(=O)Nc2nn(Cc3ccc(Cl)c(Cl)c3)cc2Cl)o1. The number of ether oxygens (including phenoxy) is 1. The summed E-state index contributed by atoms with van der Waals surface area (Å²) < 4.78 is 13.1. The molecule has 2 aromatic heterocycles. The predicted octanol–water partition coefficient (Wildman–Crippen LogP) is 6.93. The molecule has 0 atom stereocenters. The van der Waals surface area contributed by atoms with Crippen molar-refractivity contribution in [2.45, 2.75) is 27.0 Å². The number of carbonyl (C=O) groups excluding carboxylic acids is 1. The quantitative estimate of drug-likeness (QED) is 0.296. The topological polar surface area (TPSA) is 69.3 Å². The summed E-state index contributed by atoms with van der Waals surface area (Å²) >= 11 is 18.3. The highest BCUT2D eigenvalue weighted by atomic mass is 35.5. The first-order valence-corrected chi connectivity index (χ1v) is 11.2. The summed E-state index contributed by atoms with van der Waals surface area (Å²) in [5, 5.41) is 8.24. The van der Waals surface area contributed by atoms with Gasteiger partial charge in [-0.2, -0.15) is 5.10 Å². The second-order valence-corrected chi connectivity index (χ2v) is 8.72. The number of nitrogens with one attached hydrogen (secondary N) is 1. The third-order valence-electron chi connectivity index (χ3n) is 4.93. The highest BCUT2D eigenvalue weighted by Crippen LogP contribution is 2.26. The molecule has 0 aliphatic carbocycles. The zero-order valence-electron chi connectivity index (χ0n) is 17.9. The lowest BCUT2D eigenvalue weighted by atomic mass is 10.1. The van der Waals surface area contributed by atoms with Crippen LogP contribution in [-0.4, -0.2) is 15.7 Å². The fourth-order valence-electron chi connectivity index (χ4n) is 3.30. The molecule has 0 fully saturated rings. The van der Waals surface area contributed by atoms with Crippen LogP contribution in [0.1, 0.15) is 33.0 Å². The number of hydrogen-bond donors (Lipinski definition) is 1.